The van der Waals surface area contributed by atoms with Crippen LogP contribution in [0.3, 0.4) is 0 Å². The minimum absolute atomic E-state index is 0.00296. The summed E-state index contributed by atoms with van der Waals surface area (Å²) in [6.07, 6.45) is 6.00. The van der Waals surface area contributed by atoms with Gasteiger partial charge in [0.2, 0.25) is 5.91 Å². The number of allylic oxidation sites excluding steroid dienone is 1. The Hall–Kier alpha value is -1.32. The Morgan fingerprint density at radius 2 is 2.00 bits per heavy atom. The van der Waals surface area contributed by atoms with Crippen LogP contribution in [0.15, 0.2) is 11.1 Å². The fourth-order valence-corrected chi connectivity index (χ4v) is 4.19. The average molecular weight is 263 g/mol. The monoisotopic (exact) mass is 263 g/mol. The van der Waals surface area contributed by atoms with Crippen molar-refractivity contribution >= 4 is 11.9 Å². The molecule has 0 aromatic heterocycles. The molecule has 104 valence electrons. The van der Waals surface area contributed by atoms with Gasteiger partial charge in [-0.1, -0.05) is 12.0 Å². The van der Waals surface area contributed by atoms with E-state index in [0.717, 1.165) is 49.7 Å². The highest BCUT2D eigenvalue weighted by atomic mass is 16.4. The second-order valence-electron chi connectivity index (χ2n) is 6.21. The Kier molecular flexibility index (Phi) is 3.11. The van der Waals surface area contributed by atoms with Crippen molar-refractivity contribution in [3.63, 3.8) is 0 Å². The van der Waals surface area contributed by atoms with Crippen LogP contribution >= 0.6 is 0 Å². The summed E-state index contributed by atoms with van der Waals surface area (Å²) >= 11 is 0. The molecule has 3 atom stereocenters. The van der Waals surface area contributed by atoms with Gasteiger partial charge in [-0.15, -0.1) is 0 Å². The quantitative estimate of drug-likeness (QED) is 0.831. The minimum atomic E-state index is -0.820. The molecular weight excluding hydrogens is 242 g/mol. The van der Waals surface area contributed by atoms with Crippen LogP contribution < -0.4 is 0 Å². The van der Waals surface area contributed by atoms with Gasteiger partial charge in [0, 0.05) is 12.1 Å². The van der Waals surface area contributed by atoms with Gasteiger partial charge in [0.25, 0.3) is 0 Å². The van der Waals surface area contributed by atoms with E-state index in [1.165, 1.54) is 0 Å². The fraction of sp³-hybridized carbons (Fsp3) is 0.733. The zero-order valence-electron chi connectivity index (χ0n) is 11.4. The van der Waals surface area contributed by atoms with Crippen LogP contribution in [0, 0.1) is 11.8 Å². The van der Waals surface area contributed by atoms with Crippen molar-refractivity contribution in [2.45, 2.75) is 51.5 Å². The largest absolute Gasteiger partial charge is 0.480 e. The van der Waals surface area contributed by atoms with Crippen molar-refractivity contribution in [3.8, 4) is 0 Å². The Morgan fingerprint density at radius 3 is 2.63 bits per heavy atom. The van der Waals surface area contributed by atoms with Crippen molar-refractivity contribution in [3.05, 3.63) is 11.1 Å². The lowest BCUT2D eigenvalue weighted by Crippen LogP contribution is -2.43. The molecular formula is C15H21NO3. The predicted molar refractivity (Wildman–Crippen MR) is 70.5 cm³/mol. The molecule has 1 saturated heterocycles. The predicted octanol–water partition coefficient (Wildman–Crippen LogP) is 2.20. The lowest BCUT2D eigenvalue weighted by atomic mass is 9.94. The summed E-state index contributed by atoms with van der Waals surface area (Å²) in [5.74, 6) is -0.230. The molecule has 1 aliphatic heterocycles. The van der Waals surface area contributed by atoms with Crippen LogP contribution in [0.2, 0.25) is 0 Å². The number of carbonyl (C=O) groups excluding carboxylic acids is 1. The van der Waals surface area contributed by atoms with Gasteiger partial charge in [-0.05, 0) is 50.9 Å². The lowest BCUT2D eigenvalue weighted by molar-refractivity contribution is -0.148. The number of carboxylic acid groups (broad SMARTS) is 1. The van der Waals surface area contributed by atoms with Gasteiger partial charge < -0.3 is 10.0 Å². The standard InChI is InChI=1S/C15H21NO3/c1-9-4-2-6-11(9)14(17)16-8-10-5-3-7-12(10)13(16)15(18)19/h10,12-13H,2-8H2,1H3,(H,18,19). The van der Waals surface area contributed by atoms with E-state index in [1.54, 1.807) is 4.90 Å². The van der Waals surface area contributed by atoms with Gasteiger partial charge in [0.1, 0.15) is 6.04 Å². The van der Waals surface area contributed by atoms with E-state index in [2.05, 4.69) is 0 Å². The molecule has 1 amide bonds. The number of carboxylic acids is 1. The van der Waals surface area contributed by atoms with Gasteiger partial charge in [0.05, 0.1) is 0 Å². The van der Waals surface area contributed by atoms with Crippen molar-refractivity contribution < 1.29 is 14.7 Å². The number of likely N-dealkylation sites (tertiary alicyclic amines) is 1. The van der Waals surface area contributed by atoms with Crippen LogP contribution in [-0.4, -0.2) is 34.5 Å². The minimum Gasteiger partial charge on any atom is -0.480 e. The first-order chi connectivity index (χ1) is 9.09. The molecule has 3 unspecified atom stereocenters. The van der Waals surface area contributed by atoms with Crippen molar-refractivity contribution in [2.75, 3.05) is 6.54 Å². The highest BCUT2D eigenvalue weighted by Crippen LogP contribution is 2.43. The van der Waals surface area contributed by atoms with E-state index in [0.29, 0.717) is 12.5 Å². The zero-order chi connectivity index (χ0) is 13.6. The van der Waals surface area contributed by atoms with Crippen LogP contribution in [-0.2, 0) is 9.59 Å². The number of hydrogen-bond acceptors (Lipinski definition) is 2. The Bertz CT molecular complexity index is 454. The molecule has 2 fully saturated rings. The normalized spacial score (nSPS) is 33.9. The number of rotatable bonds is 2. The van der Waals surface area contributed by atoms with E-state index in [1.807, 2.05) is 6.92 Å². The number of amides is 1. The Morgan fingerprint density at radius 1 is 1.21 bits per heavy atom. The van der Waals surface area contributed by atoms with E-state index >= 15 is 0 Å². The topological polar surface area (TPSA) is 57.6 Å². The maximum absolute atomic E-state index is 12.6. The summed E-state index contributed by atoms with van der Waals surface area (Å²) in [6, 6.07) is -0.582. The molecule has 1 N–H and O–H groups in total. The Balaban J connectivity index is 1.85. The molecule has 0 spiro atoms. The maximum Gasteiger partial charge on any atom is 0.326 e. The molecule has 1 heterocycles. The van der Waals surface area contributed by atoms with Gasteiger partial charge in [-0.2, -0.15) is 0 Å². The zero-order valence-corrected chi connectivity index (χ0v) is 11.4. The molecule has 3 aliphatic rings. The lowest BCUT2D eigenvalue weighted by Gasteiger charge is -2.25. The third kappa shape index (κ3) is 1.97. The summed E-state index contributed by atoms with van der Waals surface area (Å²) in [5, 5.41) is 9.48. The fourth-order valence-electron chi connectivity index (χ4n) is 4.19. The van der Waals surface area contributed by atoms with Crippen LogP contribution in [0.1, 0.15) is 45.4 Å². The van der Waals surface area contributed by atoms with Crippen molar-refractivity contribution in [2.24, 2.45) is 11.8 Å². The van der Waals surface area contributed by atoms with Gasteiger partial charge >= 0.3 is 5.97 Å². The third-order valence-electron chi connectivity index (χ3n) is 5.16. The molecule has 19 heavy (non-hydrogen) atoms. The second kappa shape index (κ2) is 4.66. The number of fused-ring (bicyclic) bond motifs is 1. The molecule has 0 aromatic carbocycles. The van der Waals surface area contributed by atoms with Gasteiger partial charge in [-0.25, -0.2) is 4.79 Å². The summed E-state index contributed by atoms with van der Waals surface area (Å²) < 4.78 is 0. The molecule has 1 saturated carbocycles. The molecule has 3 rings (SSSR count). The molecule has 2 aliphatic carbocycles. The van der Waals surface area contributed by atoms with Gasteiger partial charge in [-0.3, -0.25) is 4.79 Å². The molecule has 0 radical (unpaired) electrons. The van der Waals surface area contributed by atoms with E-state index in [-0.39, 0.29) is 11.8 Å². The SMILES string of the molecule is CC1=C(C(=O)N2CC3CCCC3C2C(=O)O)CCC1. The number of aliphatic carboxylic acids is 1. The van der Waals surface area contributed by atoms with Crippen molar-refractivity contribution in [1.82, 2.24) is 4.90 Å². The molecule has 0 bridgehead atoms. The number of hydrogen-bond donors (Lipinski definition) is 1. The van der Waals surface area contributed by atoms with E-state index < -0.39 is 12.0 Å². The second-order valence-corrected chi connectivity index (χ2v) is 6.21. The van der Waals surface area contributed by atoms with Crippen LogP contribution in [0.4, 0.5) is 0 Å². The highest BCUT2D eigenvalue weighted by molar-refractivity contribution is 5.97. The Labute approximate surface area is 113 Å². The molecule has 4 heteroatoms. The molecule has 4 nitrogen and oxygen atoms in total. The first kappa shape index (κ1) is 12.7. The third-order valence-corrected chi connectivity index (χ3v) is 5.16. The summed E-state index contributed by atoms with van der Waals surface area (Å²) in [5.41, 5.74) is 2.04. The van der Waals surface area contributed by atoms with Crippen LogP contribution in [0.5, 0.6) is 0 Å². The van der Waals surface area contributed by atoms with Gasteiger partial charge in [0.15, 0.2) is 0 Å². The highest BCUT2D eigenvalue weighted by Gasteiger charge is 2.50. The van der Waals surface area contributed by atoms with E-state index in [4.69, 9.17) is 0 Å². The molecule has 0 aromatic rings. The average Bonchev–Trinajstić information content (AvgIpc) is 3.00. The van der Waals surface area contributed by atoms with E-state index in [9.17, 15) is 14.7 Å². The van der Waals surface area contributed by atoms with Crippen molar-refractivity contribution in [1.29, 1.82) is 0 Å². The number of carbonyl (C=O) groups is 2. The first-order valence-electron chi connectivity index (χ1n) is 7.32. The number of nitrogens with zero attached hydrogens (tertiary/aromatic N) is 1. The summed E-state index contributed by atoms with van der Waals surface area (Å²) in [4.78, 5) is 25.8. The van der Waals surface area contributed by atoms with Crippen LogP contribution in [0.25, 0.3) is 0 Å². The maximum atomic E-state index is 12.6. The smallest absolute Gasteiger partial charge is 0.326 e. The summed E-state index contributed by atoms with van der Waals surface area (Å²) in [6.45, 7) is 2.66. The summed E-state index contributed by atoms with van der Waals surface area (Å²) in [7, 11) is 0. The first-order valence-corrected chi connectivity index (χ1v) is 7.32.